The Hall–Kier alpha value is -1.40. The van der Waals surface area contributed by atoms with Crippen LogP contribution in [0.5, 0.6) is 5.75 Å². The summed E-state index contributed by atoms with van der Waals surface area (Å²) in [4.78, 5) is 4.33. The molecule has 1 fully saturated rings. The van der Waals surface area contributed by atoms with Gasteiger partial charge >= 0.3 is 0 Å². The molecule has 1 aliphatic heterocycles. The first-order valence-corrected chi connectivity index (χ1v) is 10.1. The lowest BCUT2D eigenvalue weighted by Crippen LogP contribution is -2.49. The van der Waals surface area contributed by atoms with Crippen LogP contribution in [0.3, 0.4) is 0 Å². The van der Waals surface area contributed by atoms with Crippen LogP contribution in [0.1, 0.15) is 25.3 Å². The lowest BCUT2D eigenvalue weighted by molar-refractivity contribution is 0.0782. The third-order valence-electron chi connectivity index (χ3n) is 4.52. The normalized spacial score (nSPS) is 18.5. The first-order chi connectivity index (χ1) is 12.1. The Kier molecular flexibility index (Phi) is 7.90. The zero-order valence-corrected chi connectivity index (χ0v) is 16.6. The molecule has 1 aromatic rings. The number of ether oxygens (including phenoxy) is 2. The minimum absolute atomic E-state index is 0.0536. The van der Waals surface area contributed by atoms with Crippen LogP contribution in [-0.4, -0.2) is 56.4 Å². The fourth-order valence-electron chi connectivity index (χ4n) is 2.86. The van der Waals surface area contributed by atoms with Gasteiger partial charge in [-0.25, -0.2) is 0 Å². The molecule has 1 aromatic carbocycles. The smallest absolute Gasteiger partial charge is 0.191 e. The number of nitrogens with one attached hydrogen (secondary N) is 2. The van der Waals surface area contributed by atoms with Crippen LogP contribution in [0, 0.1) is 6.92 Å². The molecule has 140 valence electrons. The summed E-state index contributed by atoms with van der Waals surface area (Å²) >= 11 is 1.92. The minimum atomic E-state index is 0.0536. The van der Waals surface area contributed by atoms with Gasteiger partial charge in [0, 0.05) is 31.6 Å². The summed E-state index contributed by atoms with van der Waals surface area (Å²) < 4.78 is 11.7. The fraction of sp³-hybridized carbons (Fsp3) is 0.632. The van der Waals surface area contributed by atoms with Gasteiger partial charge in [-0.15, -0.1) is 0 Å². The van der Waals surface area contributed by atoms with Crippen molar-refractivity contribution < 1.29 is 9.47 Å². The second-order valence-electron chi connectivity index (χ2n) is 6.55. The lowest BCUT2D eigenvalue weighted by Gasteiger charge is -2.36. The molecular formula is C19H31N3O2S. The highest BCUT2D eigenvalue weighted by molar-refractivity contribution is 8.00. The molecule has 1 heterocycles. The summed E-state index contributed by atoms with van der Waals surface area (Å²) in [6.07, 6.45) is 4.38. The molecular weight excluding hydrogens is 334 g/mol. The highest BCUT2D eigenvalue weighted by Gasteiger charge is 2.31. The number of thioether (sulfide) groups is 1. The number of rotatable bonds is 7. The number of hydrogen-bond acceptors (Lipinski definition) is 4. The third-order valence-corrected chi connectivity index (χ3v) is 5.94. The van der Waals surface area contributed by atoms with E-state index in [9.17, 15) is 0 Å². The van der Waals surface area contributed by atoms with Crippen LogP contribution in [0.25, 0.3) is 0 Å². The van der Waals surface area contributed by atoms with E-state index in [0.29, 0.717) is 6.54 Å². The summed E-state index contributed by atoms with van der Waals surface area (Å²) in [6, 6.07) is 8.13. The monoisotopic (exact) mass is 365 g/mol. The Morgan fingerprint density at radius 1 is 1.36 bits per heavy atom. The molecule has 1 aliphatic rings. The van der Waals surface area contributed by atoms with E-state index in [0.717, 1.165) is 44.3 Å². The molecule has 25 heavy (non-hydrogen) atoms. The van der Waals surface area contributed by atoms with E-state index in [1.54, 1.807) is 7.05 Å². The third kappa shape index (κ3) is 6.44. The van der Waals surface area contributed by atoms with Crippen molar-refractivity contribution in [2.75, 3.05) is 39.6 Å². The molecule has 0 bridgehead atoms. The first kappa shape index (κ1) is 19.9. The van der Waals surface area contributed by atoms with Gasteiger partial charge in [-0.1, -0.05) is 12.1 Å². The number of nitrogens with zero attached hydrogens (tertiary/aromatic N) is 1. The molecule has 1 saturated heterocycles. The maximum absolute atomic E-state index is 5.96. The Labute approximate surface area is 156 Å². The standard InChI is InChI=1S/C19H31N3O2S/c1-15-6-5-7-17(12-15)24-16(2)13-21-18(20-3)22-14-19(25-4)8-10-23-11-9-19/h5-7,12,16H,8-11,13-14H2,1-4H3,(H2,20,21,22). The molecule has 5 nitrogen and oxygen atoms in total. The van der Waals surface area contributed by atoms with Crippen molar-refractivity contribution in [3.63, 3.8) is 0 Å². The Bertz CT molecular complexity index is 559. The van der Waals surface area contributed by atoms with Crippen molar-refractivity contribution in [3.8, 4) is 5.75 Å². The minimum Gasteiger partial charge on any atom is -0.489 e. The number of aryl methyl sites for hydroxylation is 1. The van der Waals surface area contributed by atoms with E-state index < -0.39 is 0 Å². The number of hydrogen-bond donors (Lipinski definition) is 2. The quantitative estimate of drug-likeness (QED) is 0.575. The second-order valence-corrected chi connectivity index (χ2v) is 7.83. The molecule has 0 aromatic heterocycles. The Morgan fingerprint density at radius 3 is 2.76 bits per heavy atom. The van der Waals surface area contributed by atoms with Gasteiger partial charge in [0.1, 0.15) is 11.9 Å². The molecule has 0 saturated carbocycles. The largest absolute Gasteiger partial charge is 0.489 e. The van der Waals surface area contributed by atoms with E-state index in [-0.39, 0.29) is 10.9 Å². The zero-order chi connectivity index (χ0) is 18.1. The van der Waals surface area contributed by atoms with E-state index in [2.05, 4.69) is 47.9 Å². The number of aliphatic imine (C=N–C) groups is 1. The molecule has 6 heteroatoms. The van der Waals surface area contributed by atoms with Gasteiger partial charge in [-0.2, -0.15) is 11.8 Å². The average Bonchev–Trinajstić information content (AvgIpc) is 2.62. The first-order valence-electron chi connectivity index (χ1n) is 8.88. The van der Waals surface area contributed by atoms with Gasteiger partial charge < -0.3 is 20.1 Å². The van der Waals surface area contributed by atoms with Crippen LogP contribution in [0.15, 0.2) is 29.3 Å². The van der Waals surface area contributed by atoms with Gasteiger partial charge in [0.05, 0.1) is 6.54 Å². The van der Waals surface area contributed by atoms with Crippen LogP contribution in [-0.2, 0) is 4.74 Å². The lowest BCUT2D eigenvalue weighted by atomic mass is 9.99. The van der Waals surface area contributed by atoms with Crippen LogP contribution >= 0.6 is 11.8 Å². The van der Waals surface area contributed by atoms with E-state index >= 15 is 0 Å². The summed E-state index contributed by atoms with van der Waals surface area (Å²) in [6.45, 7) is 7.41. The van der Waals surface area contributed by atoms with Gasteiger partial charge in [-0.3, -0.25) is 4.99 Å². The van der Waals surface area contributed by atoms with Crippen molar-refractivity contribution in [2.24, 2.45) is 4.99 Å². The highest BCUT2D eigenvalue weighted by Crippen LogP contribution is 2.32. The van der Waals surface area contributed by atoms with Crippen molar-refractivity contribution in [2.45, 2.75) is 37.5 Å². The van der Waals surface area contributed by atoms with Gasteiger partial charge in [0.25, 0.3) is 0 Å². The van der Waals surface area contributed by atoms with E-state index in [4.69, 9.17) is 9.47 Å². The maximum Gasteiger partial charge on any atom is 0.191 e. The molecule has 1 atom stereocenters. The average molecular weight is 366 g/mol. The van der Waals surface area contributed by atoms with Crippen molar-refractivity contribution in [1.29, 1.82) is 0 Å². The Morgan fingerprint density at radius 2 is 2.12 bits per heavy atom. The summed E-state index contributed by atoms with van der Waals surface area (Å²) in [5.74, 6) is 1.72. The summed E-state index contributed by atoms with van der Waals surface area (Å²) in [5.41, 5.74) is 1.20. The molecule has 2 rings (SSSR count). The maximum atomic E-state index is 5.96. The van der Waals surface area contributed by atoms with Gasteiger partial charge in [0.15, 0.2) is 5.96 Å². The van der Waals surface area contributed by atoms with Crippen LogP contribution < -0.4 is 15.4 Å². The van der Waals surface area contributed by atoms with E-state index in [1.165, 1.54) is 5.56 Å². The van der Waals surface area contributed by atoms with Gasteiger partial charge in [-0.05, 0) is 50.6 Å². The predicted molar refractivity (Wildman–Crippen MR) is 107 cm³/mol. The zero-order valence-electron chi connectivity index (χ0n) is 15.8. The summed E-state index contributed by atoms with van der Waals surface area (Å²) in [5, 5.41) is 6.82. The SMILES string of the molecule is CN=C(NCC(C)Oc1cccc(C)c1)NCC1(SC)CCOCC1. The van der Waals surface area contributed by atoms with Crippen molar-refractivity contribution in [3.05, 3.63) is 29.8 Å². The van der Waals surface area contributed by atoms with Crippen molar-refractivity contribution in [1.82, 2.24) is 10.6 Å². The topological polar surface area (TPSA) is 54.9 Å². The van der Waals surface area contributed by atoms with Crippen LogP contribution in [0.2, 0.25) is 0 Å². The molecule has 0 radical (unpaired) electrons. The fourth-order valence-corrected chi connectivity index (χ4v) is 3.66. The highest BCUT2D eigenvalue weighted by atomic mass is 32.2. The van der Waals surface area contributed by atoms with E-state index in [1.807, 2.05) is 23.9 Å². The van der Waals surface area contributed by atoms with Gasteiger partial charge in [0.2, 0.25) is 0 Å². The predicted octanol–water partition coefficient (Wildman–Crippen LogP) is 2.84. The molecule has 1 unspecified atom stereocenters. The van der Waals surface area contributed by atoms with Crippen LogP contribution in [0.4, 0.5) is 0 Å². The summed E-state index contributed by atoms with van der Waals surface area (Å²) in [7, 11) is 1.80. The molecule has 0 aliphatic carbocycles. The molecule has 0 amide bonds. The van der Waals surface area contributed by atoms with Crippen molar-refractivity contribution >= 4 is 17.7 Å². The second kappa shape index (κ2) is 9.92. The molecule has 0 spiro atoms. The molecule has 2 N–H and O–H groups in total. The number of benzene rings is 1. The number of guanidine groups is 1. The Balaban J connectivity index is 1.77.